The lowest BCUT2D eigenvalue weighted by molar-refractivity contribution is 0.0735. The van der Waals surface area contributed by atoms with Gasteiger partial charge in [0.1, 0.15) is 23.2 Å². The van der Waals surface area contributed by atoms with Gasteiger partial charge in [-0.25, -0.2) is 9.97 Å². The van der Waals surface area contributed by atoms with Gasteiger partial charge in [-0.3, -0.25) is 4.79 Å². The van der Waals surface area contributed by atoms with Crippen LogP contribution in [0, 0.1) is 13.8 Å². The van der Waals surface area contributed by atoms with Gasteiger partial charge in [-0.1, -0.05) is 22.9 Å². The van der Waals surface area contributed by atoms with Crippen molar-refractivity contribution in [1.82, 2.24) is 20.0 Å². The molecule has 3 aromatic rings. The molecule has 1 aliphatic carbocycles. The zero-order valence-electron chi connectivity index (χ0n) is 18.6. The van der Waals surface area contributed by atoms with E-state index in [0.29, 0.717) is 37.7 Å². The first kappa shape index (κ1) is 20.5. The highest BCUT2D eigenvalue weighted by Crippen LogP contribution is 2.26. The zero-order chi connectivity index (χ0) is 22.1. The molecule has 5 rings (SSSR count). The maximum Gasteiger partial charge on any atom is 0.276 e. The Morgan fingerprint density at radius 3 is 2.53 bits per heavy atom. The van der Waals surface area contributed by atoms with Crippen molar-refractivity contribution in [2.45, 2.75) is 39.5 Å². The fraction of sp³-hybridized carbons (Fsp3) is 0.417. The molecule has 1 N–H and O–H groups in total. The summed E-state index contributed by atoms with van der Waals surface area (Å²) in [5.74, 6) is 3.23. The Labute approximate surface area is 187 Å². The number of rotatable bonds is 4. The van der Waals surface area contributed by atoms with Crippen molar-refractivity contribution < 1.29 is 9.32 Å². The van der Waals surface area contributed by atoms with Gasteiger partial charge < -0.3 is 19.6 Å². The van der Waals surface area contributed by atoms with Crippen LogP contribution in [-0.2, 0) is 12.8 Å². The number of amides is 1. The second kappa shape index (κ2) is 8.61. The molecule has 2 aromatic heterocycles. The minimum absolute atomic E-state index is 0.0165. The summed E-state index contributed by atoms with van der Waals surface area (Å²) in [6.45, 7) is 6.66. The molecule has 3 heterocycles. The summed E-state index contributed by atoms with van der Waals surface area (Å²) < 4.78 is 5.44. The van der Waals surface area contributed by atoms with Crippen molar-refractivity contribution in [2.75, 3.05) is 36.4 Å². The number of benzene rings is 1. The standard InChI is InChI=1S/C24H28N6O2/c1-16-7-9-18(10-8-16)27-21-15-22(26-17(2)25-21)29-11-13-30(14-12-29)24(31)23-19-5-3-4-6-20(19)32-28-23/h7-10,15H,3-6,11-14H2,1-2H3,(H,25,26,27). The predicted octanol–water partition coefficient (Wildman–Crippen LogP) is 3.67. The highest BCUT2D eigenvalue weighted by molar-refractivity contribution is 5.94. The van der Waals surface area contributed by atoms with Gasteiger partial charge in [0.15, 0.2) is 5.69 Å². The van der Waals surface area contributed by atoms with E-state index < -0.39 is 0 Å². The quantitative estimate of drug-likeness (QED) is 0.673. The van der Waals surface area contributed by atoms with Crippen LogP contribution in [-0.4, -0.2) is 52.1 Å². The summed E-state index contributed by atoms with van der Waals surface area (Å²) in [7, 11) is 0. The summed E-state index contributed by atoms with van der Waals surface area (Å²) in [4.78, 5) is 26.3. The minimum Gasteiger partial charge on any atom is -0.360 e. The van der Waals surface area contributed by atoms with Crippen LogP contribution in [0.4, 0.5) is 17.3 Å². The van der Waals surface area contributed by atoms with E-state index in [9.17, 15) is 4.79 Å². The number of fused-ring (bicyclic) bond motifs is 1. The van der Waals surface area contributed by atoms with Crippen LogP contribution in [0.15, 0.2) is 34.9 Å². The van der Waals surface area contributed by atoms with Gasteiger partial charge in [0.05, 0.1) is 0 Å². The van der Waals surface area contributed by atoms with Crippen LogP contribution < -0.4 is 10.2 Å². The first-order valence-corrected chi connectivity index (χ1v) is 11.3. The lowest BCUT2D eigenvalue weighted by Crippen LogP contribution is -2.49. The molecular weight excluding hydrogens is 404 g/mol. The molecule has 0 bridgehead atoms. The zero-order valence-corrected chi connectivity index (χ0v) is 18.6. The molecule has 1 fully saturated rings. The SMILES string of the molecule is Cc1ccc(Nc2cc(N3CCN(C(=O)c4noc5c4CCCC5)CC3)nc(C)n2)cc1. The second-order valence-electron chi connectivity index (χ2n) is 8.57. The maximum absolute atomic E-state index is 13.1. The Kier molecular flexibility index (Phi) is 5.51. The van der Waals surface area contributed by atoms with Crippen molar-refractivity contribution >= 4 is 23.2 Å². The molecule has 1 aliphatic heterocycles. The van der Waals surface area contributed by atoms with E-state index in [2.05, 4.69) is 44.4 Å². The molecule has 166 valence electrons. The average Bonchev–Trinajstić information content (AvgIpc) is 3.24. The number of carbonyl (C=O) groups is 1. The van der Waals surface area contributed by atoms with Gasteiger partial charge in [-0.15, -0.1) is 0 Å². The summed E-state index contributed by atoms with van der Waals surface area (Å²) in [6, 6.07) is 10.2. The molecular formula is C24H28N6O2. The van der Waals surface area contributed by atoms with Gasteiger partial charge in [0, 0.05) is 49.9 Å². The van der Waals surface area contributed by atoms with E-state index in [4.69, 9.17) is 4.52 Å². The Balaban J connectivity index is 1.26. The summed E-state index contributed by atoms with van der Waals surface area (Å²) in [6.07, 6.45) is 3.97. The first-order chi connectivity index (χ1) is 15.6. The highest BCUT2D eigenvalue weighted by atomic mass is 16.5. The van der Waals surface area contributed by atoms with Crippen LogP contribution in [0.1, 0.15) is 46.0 Å². The van der Waals surface area contributed by atoms with Crippen LogP contribution in [0.25, 0.3) is 0 Å². The first-order valence-electron chi connectivity index (χ1n) is 11.3. The fourth-order valence-electron chi connectivity index (χ4n) is 4.40. The van der Waals surface area contributed by atoms with Crippen LogP contribution in [0.5, 0.6) is 0 Å². The molecule has 32 heavy (non-hydrogen) atoms. The third kappa shape index (κ3) is 4.17. The number of nitrogens with zero attached hydrogens (tertiary/aromatic N) is 5. The number of aryl methyl sites for hydroxylation is 3. The van der Waals surface area contributed by atoms with Crippen molar-refractivity contribution in [3.63, 3.8) is 0 Å². The number of anilines is 3. The molecule has 0 atom stereocenters. The monoisotopic (exact) mass is 432 g/mol. The highest BCUT2D eigenvalue weighted by Gasteiger charge is 2.29. The molecule has 8 heteroatoms. The largest absolute Gasteiger partial charge is 0.360 e. The number of aromatic nitrogens is 3. The number of piperazine rings is 1. The molecule has 0 spiro atoms. The van der Waals surface area contributed by atoms with Crippen molar-refractivity contribution in [3.05, 3.63) is 58.7 Å². The number of carbonyl (C=O) groups excluding carboxylic acids is 1. The summed E-state index contributed by atoms with van der Waals surface area (Å²) in [5, 5.41) is 7.47. The van der Waals surface area contributed by atoms with Crippen LogP contribution in [0.2, 0.25) is 0 Å². The molecule has 0 saturated carbocycles. The molecule has 1 amide bonds. The number of hydrogen-bond donors (Lipinski definition) is 1. The van der Waals surface area contributed by atoms with Crippen molar-refractivity contribution in [1.29, 1.82) is 0 Å². The van der Waals surface area contributed by atoms with Crippen molar-refractivity contribution in [2.24, 2.45) is 0 Å². The Hall–Kier alpha value is -3.42. The van der Waals surface area contributed by atoms with Gasteiger partial charge in [-0.05, 0) is 45.2 Å². The van der Waals surface area contributed by atoms with E-state index in [-0.39, 0.29) is 5.91 Å². The Morgan fingerprint density at radius 1 is 1.00 bits per heavy atom. The molecule has 1 aromatic carbocycles. The fourth-order valence-corrected chi connectivity index (χ4v) is 4.40. The minimum atomic E-state index is -0.0165. The van der Waals surface area contributed by atoms with Gasteiger partial charge >= 0.3 is 0 Å². The van der Waals surface area contributed by atoms with E-state index in [1.54, 1.807) is 0 Å². The average molecular weight is 433 g/mol. The normalized spacial score (nSPS) is 16.1. The third-order valence-electron chi connectivity index (χ3n) is 6.19. The van der Waals surface area contributed by atoms with Gasteiger partial charge in [0.2, 0.25) is 0 Å². The van der Waals surface area contributed by atoms with Gasteiger partial charge in [-0.2, -0.15) is 0 Å². The molecule has 1 saturated heterocycles. The summed E-state index contributed by atoms with van der Waals surface area (Å²) in [5.41, 5.74) is 3.73. The third-order valence-corrected chi connectivity index (χ3v) is 6.19. The Morgan fingerprint density at radius 2 is 1.75 bits per heavy atom. The lowest BCUT2D eigenvalue weighted by Gasteiger charge is -2.35. The van der Waals surface area contributed by atoms with Crippen LogP contribution >= 0.6 is 0 Å². The molecule has 8 nitrogen and oxygen atoms in total. The lowest BCUT2D eigenvalue weighted by atomic mass is 9.96. The topological polar surface area (TPSA) is 87.4 Å². The number of nitrogens with one attached hydrogen (secondary N) is 1. The van der Waals surface area contributed by atoms with Crippen molar-refractivity contribution in [3.8, 4) is 0 Å². The van der Waals surface area contributed by atoms with Gasteiger partial charge in [0.25, 0.3) is 5.91 Å². The van der Waals surface area contributed by atoms with Crippen LogP contribution in [0.3, 0.4) is 0 Å². The van der Waals surface area contributed by atoms with E-state index in [1.807, 2.05) is 30.0 Å². The van der Waals surface area contributed by atoms with E-state index >= 15 is 0 Å². The second-order valence-corrected chi connectivity index (χ2v) is 8.57. The maximum atomic E-state index is 13.1. The summed E-state index contributed by atoms with van der Waals surface area (Å²) >= 11 is 0. The molecule has 0 unspecified atom stereocenters. The molecule has 2 aliphatic rings. The van der Waals surface area contributed by atoms with E-state index in [0.717, 1.165) is 54.3 Å². The van der Waals surface area contributed by atoms with E-state index in [1.165, 1.54) is 5.56 Å². The Bertz CT molecular complexity index is 1120. The number of hydrogen-bond acceptors (Lipinski definition) is 7. The molecule has 0 radical (unpaired) electrons. The smallest absolute Gasteiger partial charge is 0.276 e. The predicted molar refractivity (Wildman–Crippen MR) is 122 cm³/mol.